The summed E-state index contributed by atoms with van der Waals surface area (Å²) in [4.78, 5) is 2.38. The summed E-state index contributed by atoms with van der Waals surface area (Å²) in [7, 11) is 1.94. The van der Waals surface area contributed by atoms with Gasteiger partial charge in [-0.25, -0.2) is 4.39 Å². The summed E-state index contributed by atoms with van der Waals surface area (Å²) in [6, 6.07) is 7.08. The van der Waals surface area contributed by atoms with Crippen molar-refractivity contribution in [3.8, 4) is 0 Å². The number of rotatable bonds is 4. The molecule has 1 aliphatic rings. The normalized spacial score (nSPS) is 19.2. The van der Waals surface area contributed by atoms with Crippen molar-refractivity contribution in [3.05, 3.63) is 35.6 Å². The third-order valence-corrected chi connectivity index (χ3v) is 3.14. The van der Waals surface area contributed by atoms with Crippen LogP contribution in [-0.4, -0.2) is 44.8 Å². The summed E-state index contributed by atoms with van der Waals surface area (Å²) in [5.41, 5.74) is 1.16. The number of halogens is 1. The third kappa shape index (κ3) is 3.25. The van der Waals surface area contributed by atoms with Crippen molar-refractivity contribution >= 4 is 0 Å². The van der Waals surface area contributed by atoms with Crippen LogP contribution in [0.4, 0.5) is 4.39 Å². The number of nitrogens with one attached hydrogen (secondary N) is 1. The summed E-state index contributed by atoms with van der Waals surface area (Å²) in [5.74, 6) is -0.182. The fourth-order valence-electron chi connectivity index (χ4n) is 2.23. The zero-order chi connectivity index (χ0) is 12.1. The maximum atomic E-state index is 12.9. The average Bonchev–Trinajstić information content (AvgIpc) is 2.38. The Kier molecular flexibility index (Phi) is 4.48. The third-order valence-electron chi connectivity index (χ3n) is 3.14. The molecule has 0 aromatic heterocycles. The molecule has 0 bridgehead atoms. The Bertz CT molecular complexity index is 336. The van der Waals surface area contributed by atoms with Crippen LogP contribution >= 0.6 is 0 Å². The van der Waals surface area contributed by atoms with E-state index in [1.165, 1.54) is 12.1 Å². The molecule has 0 radical (unpaired) electrons. The Labute approximate surface area is 102 Å². The Morgan fingerprint density at radius 2 is 1.94 bits per heavy atom. The van der Waals surface area contributed by atoms with Gasteiger partial charge in [-0.1, -0.05) is 12.1 Å². The maximum Gasteiger partial charge on any atom is 0.123 e. The first-order chi connectivity index (χ1) is 8.31. The minimum absolute atomic E-state index is 0.182. The van der Waals surface area contributed by atoms with Crippen molar-refractivity contribution in [1.29, 1.82) is 0 Å². The number of benzene rings is 1. The van der Waals surface area contributed by atoms with Crippen LogP contribution < -0.4 is 5.32 Å². The second kappa shape index (κ2) is 6.10. The Balaban J connectivity index is 2.12. The average molecular weight is 238 g/mol. The standard InChI is InChI=1S/C13H19FN2O/c1-15-10-13(16-6-8-17-9-7-16)11-2-4-12(14)5-3-11/h2-5,13,15H,6-10H2,1H3. The molecule has 1 heterocycles. The summed E-state index contributed by atoms with van der Waals surface area (Å²) >= 11 is 0. The maximum absolute atomic E-state index is 12.9. The van der Waals surface area contributed by atoms with Crippen molar-refractivity contribution in [2.75, 3.05) is 39.9 Å². The van der Waals surface area contributed by atoms with E-state index in [0.717, 1.165) is 38.4 Å². The fourth-order valence-corrected chi connectivity index (χ4v) is 2.23. The van der Waals surface area contributed by atoms with Crippen LogP contribution in [0.1, 0.15) is 11.6 Å². The molecule has 1 fully saturated rings. The highest BCUT2D eigenvalue weighted by Gasteiger charge is 2.21. The van der Waals surface area contributed by atoms with Crippen LogP contribution in [-0.2, 0) is 4.74 Å². The van der Waals surface area contributed by atoms with Crippen LogP contribution in [0.2, 0.25) is 0 Å². The van der Waals surface area contributed by atoms with Crippen molar-refractivity contribution < 1.29 is 9.13 Å². The molecule has 4 heteroatoms. The number of hydrogen-bond donors (Lipinski definition) is 1. The van der Waals surface area contributed by atoms with Gasteiger partial charge in [-0.3, -0.25) is 4.90 Å². The van der Waals surface area contributed by atoms with E-state index in [9.17, 15) is 4.39 Å². The largest absolute Gasteiger partial charge is 0.379 e. The van der Waals surface area contributed by atoms with Crippen LogP contribution in [0.5, 0.6) is 0 Å². The summed E-state index contributed by atoms with van der Waals surface area (Å²) in [6.45, 7) is 4.29. The number of hydrogen-bond acceptors (Lipinski definition) is 3. The molecule has 1 unspecified atom stereocenters. The van der Waals surface area contributed by atoms with Gasteiger partial charge >= 0.3 is 0 Å². The van der Waals surface area contributed by atoms with E-state index >= 15 is 0 Å². The Hall–Kier alpha value is -0.970. The molecule has 2 rings (SSSR count). The molecule has 1 N–H and O–H groups in total. The van der Waals surface area contributed by atoms with Crippen LogP contribution in [0, 0.1) is 5.82 Å². The second-order valence-corrected chi connectivity index (χ2v) is 4.27. The molecule has 0 aliphatic carbocycles. The quantitative estimate of drug-likeness (QED) is 0.858. The summed E-state index contributed by atoms with van der Waals surface area (Å²) < 4.78 is 18.3. The lowest BCUT2D eigenvalue weighted by Crippen LogP contribution is -2.42. The van der Waals surface area contributed by atoms with Crippen molar-refractivity contribution in [2.24, 2.45) is 0 Å². The minimum atomic E-state index is -0.182. The molecule has 1 aromatic rings. The van der Waals surface area contributed by atoms with E-state index in [1.54, 1.807) is 0 Å². The zero-order valence-corrected chi connectivity index (χ0v) is 10.2. The highest BCUT2D eigenvalue weighted by atomic mass is 19.1. The number of nitrogens with zero attached hydrogens (tertiary/aromatic N) is 1. The van der Waals surface area contributed by atoms with Gasteiger partial charge in [0.1, 0.15) is 5.82 Å². The highest BCUT2D eigenvalue weighted by Crippen LogP contribution is 2.21. The van der Waals surface area contributed by atoms with Gasteiger partial charge in [-0.05, 0) is 24.7 Å². The molecule has 0 spiro atoms. The molecule has 0 saturated carbocycles. The first-order valence-corrected chi connectivity index (χ1v) is 6.03. The fraction of sp³-hybridized carbons (Fsp3) is 0.538. The van der Waals surface area contributed by atoms with Crippen LogP contribution in [0.25, 0.3) is 0 Å². The number of morpholine rings is 1. The molecule has 3 nitrogen and oxygen atoms in total. The van der Waals surface area contributed by atoms with E-state index in [1.807, 2.05) is 19.2 Å². The Morgan fingerprint density at radius 3 is 2.53 bits per heavy atom. The SMILES string of the molecule is CNCC(c1ccc(F)cc1)N1CCOCC1. The van der Waals surface area contributed by atoms with E-state index < -0.39 is 0 Å². The zero-order valence-electron chi connectivity index (χ0n) is 10.2. The van der Waals surface area contributed by atoms with Gasteiger partial charge in [-0.15, -0.1) is 0 Å². The van der Waals surface area contributed by atoms with E-state index in [0.29, 0.717) is 6.04 Å². The van der Waals surface area contributed by atoms with Gasteiger partial charge in [0.25, 0.3) is 0 Å². The predicted molar refractivity (Wildman–Crippen MR) is 65.5 cm³/mol. The van der Waals surface area contributed by atoms with E-state index in [2.05, 4.69) is 10.2 Å². The lowest BCUT2D eigenvalue weighted by atomic mass is 10.0. The molecule has 94 valence electrons. The van der Waals surface area contributed by atoms with E-state index in [-0.39, 0.29) is 5.82 Å². The second-order valence-electron chi connectivity index (χ2n) is 4.27. The summed E-state index contributed by atoms with van der Waals surface area (Å²) in [5, 5.41) is 3.20. The number of ether oxygens (including phenoxy) is 1. The first kappa shape index (κ1) is 12.5. The number of likely N-dealkylation sites (N-methyl/N-ethyl adjacent to an activating group) is 1. The molecule has 1 aliphatic heterocycles. The molecule has 17 heavy (non-hydrogen) atoms. The summed E-state index contributed by atoms with van der Waals surface area (Å²) in [6.07, 6.45) is 0. The van der Waals surface area contributed by atoms with Crippen LogP contribution in [0.3, 0.4) is 0 Å². The molecule has 0 amide bonds. The first-order valence-electron chi connectivity index (χ1n) is 6.03. The topological polar surface area (TPSA) is 24.5 Å². The molecular weight excluding hydrogens is 219 g/mol. The molecule has 1 saturated heterocycles. The van der Waals surface area contributed by atoms with Gasteiger partial charge in [0.15, 0.2) is 0 Å². The lowest BCUT2D eigenvalue weighted by molar-refractivity contribution is 0.0165. The van der Waals surface area contributed by atoms with Gasteiger partial charge in [0.05, 0.1) is 13.2 Å². The van der Waals surface area contributed by atoms with Gasteiger partial charge < -0.3 is 10.1 Å². The monoisotopic (exact) mass is 238 g/mol. The minimum Gasteiger partial charge on any atom is -0.379 e. The van der Waals surface area contributed by atoms with Crippen LogP contribution in [0.15, 0.2) is 24.3 Å². The van der Waals surface area contributed by atoms with Crippen molar-refractivity contribution in [2.45, 2.75) is 6.04 Å². The van der Waals surface area contributed by atoms with Gasteiger partial charge in [0.2, 0.25) is 0 Å². The smallest absolute Gasteiger partial charge is 0.123 e. The van der Waals surface area contributed by atoms with Crippen molar-refractivity contribution in [3.63, 3.8) is 0 Å². The van der Waals surface area contributed by atoms with Gasteiger partial charge in [-0.2, -0.15) is 0 Å². The molecular formula is C13H19FN2O. The van der Waals surface area contributed by atoms with Gasteiger partial charge in [0, 0.05) is 25.7 Å². The highest BCUT2D eigenvalue weighted by molar-refractivity contribution is 5.20. The van der Waals surface area contributed by atoms with Crippen molar-refractivity contribution in [1.82, 2.24) is 10.2 Å². The molecule has 1 aromatic carbocycles. The predicted octanol–water partition coefficient (Wildman–Crippen LogP) is 1.42. The van der Waals surface area contributed by atoms with E-state index in [4.69, 9.17) is 4.74 Å². The Morgan fingerprint density at radius 1 is 1.29 bits per heavy atom. The molecule has 1 atom stereocenters. The lowest BCUT2D eigenvalue weighted by Gasteiger charge is -2.34.